The Morgan fingerprint density at radius 2 is 2.00 bits per heavy atom. The molecule has 1 aromatic rings. The van der Waals surface area contributed by atoms with Crippen LogP contribution in [0, 0.1) is 23.2 Å². The number of nitrogens with two attached hydrogens (primary N) is 1. The smallest absolute Gasteiger partial charge is 0.380 e. The zero-order chi connectivity index (χ0) is 19.4. The number of fused-ring (bicyclic) bond motifs is 5. The molecule has 0 bridgehead atoms. The Kier molecular flexibility index (Phi) is 4.68. The number of benzene rings is 1. The Morgan fingerprint density at radius 3 is 2.67 bits per heavy atom. The average molecular weight is 396 g/mol. The molecule has 3 N–H and O–H groups in total. The fourth-order valence-corrected chi connectivity index (χ4v) is 6.72. The molecule has 3 aliphatic carbocycles. The van der Waals surface area contributed by atoms with E-state index in [0.717, 1.165) is 37.7 Å². The number of hydrogen-bond donors (Lipinski definition) is 2. The lowest BCUT2D eigenvalue weighted by atomic mass is 9.54. The van der Waals surface area contributed by atoms with Gasteiger partial charge < -0.3 is 14.0 Å². The largest absolute Gasteiger partial charge is 0.493 e. The first-order chi connectivity index (χ1) is 12.8. The van der Waals surface area contributed by atoms with Crippen LogP contribution in [0.15, 0.2) is 12.1 Å². The molecule has 7 heteroatoms. The maximum Gasteiger partial charge on any atom is 0.380 e. The molecule has 1 aromatic carbocycles. The first kappa shape index (κ1) is 19.0. The van der Waals surface area contributed by atoms with Crippen LogP contribution >= 0.6 is 0 Å². The van der Waals surface area contributed by atoms with Gasteiger partial charge in [0.05, 0.1) is 7.11 Å². The van der Waals surface area contributed by atoms with Gasteiger partial charge in [-0.15, -0.1) is 0 Å². The molecular weight excluding hydrogens is 366 g/mol. The fraction of sp³-hybridized carbons (Fsp3) is 0.700. The van der Waals surface area contributed by atoms with Gasteiger partial charge in [-0.25, -0.2) is 0 Å². The van der Waals surface area contributed by atoms with Crippen molar-refractivity contribution in [3.05, 3.63) is 23.3 Å². The lowest BCUT2D eigenvalue weighted by Crippen LogP contribution is -2.43. The summed E-state index contributed by atoms with van der Waals surface area (Å²) in [4.78, 5) is 0. The van der Waals surface area contributed by atoms with E-state index in [1.54, 1.807) is 6.07 Å². The fourth-order valence-electron chi connectivity index (χ4n) is 6.34. The summed E-state index contributed by atoms with van der Waals surface area (Å²) in [7, 11) is -2.58. The summed E-state index contributed by atoms with van der Waals surface area (Å²) in [6, 6.07) is 3.74. The van der Waals surface area contributed by atoms with Gasteiger partial charge in [-0.1, -0.05) is 6.92 Å². The van der Waals surface area contributed by atoms with Crippen molar-refractivity contribution in [2.24, 2.45) is 28.3 Å². The molecule has 0 spiro atoms. The highest BCUT2D eigenvalue weighted by molar-refractivity contribution is 7.84. The third-order valence-electron chi connectivity index (χ3n) is 7.63. The monoisotopic (exact) mass is 395 g/mol. The molecule has 0 aliphatic heterocycles. The van der Waals surface area contributed by atoms with Gasteiger partial charge in [0, 0.05) is 6.61 Å². The standard InChI is InChI=1S/C20H29NO5S/c1-20-8-7-14-15(17(20)6-4-13(20)11-22)5-3-12-9-19(26-27(21,23)24)18(25-2)10-16(12)14/h9-10,13-15,17,22H,3-8,11H2,1-2H3,(H2,21,23,24)/t13-,14+,15-,17+,20-/m1/s1. The SMILES string of the molecule is COc1cc2c(cc1OS(N)(=O)=O)CC[C@@H]1[C@@H]2CC[C@]2(C)[C@@H](CO)CC[C@@H]12. The molecule has 4 rings (SSSR count). The van der Waals surface area contributed by atoms with Crippen molar-refractivity contribution in [2.45, 2.75) is 51.4 Å². The topological polar surface area (TPSA) is 98.9 Å². The number of methoxy groups -OCH3 is 1. The first-order valence-electron chi connectivity index (χ1n) is 9.80. The van der Waals surface area contributed by atoms with Gasteiger partial charge in [0.15, 0.2) is 11.5 Å². The third-order valence-corrected chi connectivity index (χ3v) is 8.04. The second-order valence-corrected chi connectivity index (χ2v) is 9.85. The Morgan fingerprint density at radius 1 is 1.22 bits per heavy atom. The van der Waals surface area contributed by atoms with Crippen LogP contribution < -0.4 is 14.1 Å². The quantitative estimate of drug-likeness (QED) is 0.817. The van der Waals surface area contributed by atoms with E-state index in [1.165, 1.54) is 19.1 Å². The number of aliphatic hydroxyl groups is 1. The maximum absolute atomic E-state index is 11.4. The Labute approximate surface area is 161 Å². The lowest BCUT2D eigenvalue weighted by Gasteiger charge is -2.51. The Bertz CT molecular complexity index is 839. The summed E-state index contributed by atoms with van der Waals surface area (Å²) in [5.74, 6) is 2.72. The Hall–Kier alpha value is -1.31. The van der Waals surface area contributed by atoms with E-state index in [2.05, 4.69) is 6.92 Å². The van der Waals surface area contributed by atoms with Crippen LogP contribution in [0.4, 0.5) is 0 Å². The summed E-state index contributed by atoms with van der Waals surface area (Å²) in [6.45, 7) is 2.67. The van der Waals surface area contributed by atoms with E-state index in [1.807, 2.05) is 6.07 Å². The minimum absolute atomic E-state index is 0.166. The minimum atomic E-state index is -4.09. The molecule has 0 heterocycles. The van der Waals surface area contributed by atoms with E-state index in [0.29, 0.717) is 36.0 Å². The summed E-state index contributed by atoms with van der Waals surface area (Å²) in [5, 5.41) is 14.9. The van der Waals surface area contributed by atoms with Crippen molar-refractivity contribution < 1.29 is 22.4 Å². The maximum atomic E-state index is 11.4. The number of ether oxygens (including phenoxy) is 1. The van der Waals surface area contributed by atoms with Gasteiger partial charge in [-0.2, -0.15) is 13.6 Å². The number of aliphatic hydroxyl groups excluding tert-OH is 1. The van der Waals surface area contributed by atoms with E-state index in [9.17, 15) is 13.5 Å². The van der Waals surface area contributed by atoms with Crippen molar-refractivity contribution in [3.63, 3.8) is 0 Å². The van der Waals surface area contributed by atoms with Crippen molar-refractivity contribution >= 4 is 10.3 Å². The zero-order valence-electron chi connectivity index (χ0n) is 16.0. The molecule has 0 aromatic heterocycles. The highest BCUT2D eigenvalue weighted by Crippen LogP contribution is 2.63. The lowest BCUT2D eigenvalue weighted by molar-refractivity contribution is 0.00952. The summed E-state index contributed by atoms with van der Waals surface area (Å²) < 4.78 is 33.1. The first-order valence-corrected chi connectivity index (χ1v) is 11.3. The van der Waals surface area contributed by atoms with Crippen LogP contribution in [0.1, 0.15) is 56.1 Å². The predicted molar refractivity (Wildman–Crippen MR) is 102 cm³/mol. The van der Waals surface area contributed by atoms with Crippen molar-refractivity contribution in [3.8, 4) is 11.5 Å². The molecule has 3 aliphatic rings. The van der Waals surface area contributed by atoms with Gasteiger partial charge in [-0.05, 0) is 90.9 Å². The Balaban J connectivity index is 1.69. The average Bonchev–Trinajstić information content (AvgIpc) is 2.95. The van der Waals surface area contributed by atoms with E-state index >= 15 is 0 Å². The molecule has 6 nitrogen and oxygen atoms in total. The van der Waals surface area contributed by atoms with Crippen LogP contribution in [0.3, 0.4) is 0 Å². The van der Waals surface area contributed by atoms with Crippen molar-refractivity contribution in [1.82, 2.24) is 0 Å². The van der Waals surface area contributed by atoms with Gasteiger partial charge in [0.1, 0.15) is 0 Å². The van der Waals surface area contributed by atoms with E-state index in [4.69, 9.17) is 14.1 Å². The normalized spacial score (nSPS) is 35.1. The molecule has 2 fully saturated rings. The molecule has 0 unspecified atom stereocenters. The predicted octanol–water partition coefficient (Wildman–Crippen LogP) is 2.74. The summed E-state index contributed by atoms with van der Waals surface area (Å²) in [6.07, 6.45) is 6.54. The molecule has 0 radical (unpaired) electrons. The molecular formula is C20H29NO5S. The van der Waals surface area contributed by atoms with Gasteiger partial charge >= 0.3 is 10.3 Å². The second-order valence-electron chi connectivity index (χ2n) is 8.69. The highest BCUT2D eigenvalue weighted by atomic mass is 32.2. The number of hydrogen-bond acceptors (Lipinski definition) is 5. The number of rotatable bonds is 4. The van der Waals surface area contributed by atoms with E-state index in [-0.39, 0.29) is 11.2 Å². The summed E-state index contributed by atoms with van der Waals surface area (Å²) >= 11 is 0. The van der Waals surface area contributed by atoms with Crippen molar-refractivity contribution in [2.75, 3.05) is 13.7 Å². The van der Waals surface area contributed by atoms with Crippen LogP contribution in [0.5, 0.6) is 11.5 Å². The van der Waals surface area contributed by atoms with Crippen LogP contribution in [0.2, 0.25) is 0 Å². The van der Waals surface area contributed by atoms with Crippen LogP contribution in [-0.4, -0.2) is 27.2 Å². The van der Waals surface area contributed by atoms with Crippen LogP contribution in [-0.2, 0) is 16.7 Å². The molecule has 0 saturated heterocycles. The van der Waals surface area contributed by atoms with Gasteiger partial charge in [-0.3, -0.25) is 0 Å². The third kappa shape index (κ3) is 3.13. The second kappa shape index (κ2) is 6.64. The molecule has 0 amide bonds. The zero-order valence-corrected chi connectivity index (χ0v) is 16.8. The van der Waals surface area contributed by atoms with Crippen LogP contribution in [0.25, 0.3) is 0 Å². The number of aryl methyl sites for hydroxylation is 1. The van der Waals surface area contributed by atoms with Crippen molar-refractivity contribution in [1.29, 1.82) is 0 Å². The van der Waals surface area contributed by atoms with Gasteiger partial charge in [0.2, 0.25) is 0 Å². The minimum Gasteiger partial charge on any atom is -0.493 e. The summed E-state index contributed by atoms with van der Waals surface area (Å²) in [5.41, 5.74) is 2.64. The molecule has 5 atom stereocenters. The highest BCUT2D eigenvalue weighted by Gasteiger charge is 2.54. The van der Waals surface area contributed by atoms with Gasteiger partial charge in [0.25, 0.3) is 0 Å². The molecule has 27 heavy (non-hydrogen) atoms. The van der Waals surface area contributed by atoms with E-state index < -0.39 is 10.3 Å². The molecule has 150 valence electrons. The molecule has 2 saturated carbocycles.